The average molecular weight is 327 g/mol. The molecular formula is C20H29N3O. The van der Waals surface area contributed by atoms with Crippen LogP contribution in [0.5, 0.6) is 0 Å². The number of hydrogen-bond acceptors (Lipinski definition) is 3. The van der Waals surface area contributed by atoms with Crippen LogP contribution in [0.1, 0.15) is 47.1 Å². The average Bonchev–Trinajstić information content (AvgIpc) is 2.40. The van der Waals surface area contributed by atoms with Gasteiger partial charge in [-0.2, -0.15) is 0 Å². The molecule has 4 heteroatoms. The Hall–Kier alpha value is -2.23. The van der Waals surface area contributed by atoms with Gasteiger partial charge in [-0.15, -0.1) is 0 Å². The van der Waals surface area contributed by atoms with E-state index >= 15 is 0 Å². The largest absolute Gasteiger partial charge is 0.398 e. The predicted octanol–water partition coefficient (Wildman–Crippen LogP) is 4.14. The molecule has 0 aliphatic rings. The second-order valence-electron chi connectivity index (χ2n) is 8.45. The first-order valence-corrected chi connectivity index (χ1v) is 8.28. The van der Waals surface area contributed by atoms with Crippen molar-refractivity contribution >= 4 is 11.4 Å². The summed E-state index contributed by atoms with van der Waals surface area (Å²) < 4.78 is 1.62. The van der Waals surface area contributed by atoms with Crippen molar-refractivity contribution in [1.82, 2.24) is 4.57 Å². The molecule has 0 saturated carbocycles. The van der Waals surface area contributed by atoms with Gasteiger partial charge in [0.25, 0.3) is 5.56 Å². The van der Waals surface area contributed by atoms with E-state index in [4.69, 9.17) is 5.73 Å². The van der Waals surface area contributed by atoms with Gasteiger partial charge in [0.15, 0.2) is 0 Å². The standard InChI is InChI=1S/C20H29N3O/c1-19(2,3)17-14(9-8-10-15(17)21)13-11-16(22-20(4,5)6)18(24)23(7)12-13/h8-12,22H,21H2,1-7H3. The first-order valence-electron chi connectivity index (χ1n) is 8.28. The van der Waals surface area contributed by atoms with Gasteiger partial charge < -0.3 is 15.6 Å². The smallest absolute Gasteiger partial charge is 0.273 e. The number of nitrogens with one attached hydrogen (secondary N) is 1. The van der Waals surface area contributed by atoms with E-state index in [1.807, 2.05) is 45.2 Å². The van der Waals surface area contributed by atoms with Crippen molar-refractivity contribution in [3.63, 3.8) is 0 Å². The van der Waals surface area contributed by atoms with Gasteiger partial charge in [-0.3, -0.25) is 4.79 Å². The molecule has 24 heavy (non-hydrogen) atoms. The van der Waals surface area contributed by atoms with E-state index in [1.54, 1.807) is 11.6 Å². The second kappa shape index (κ2) is 6.00. The Morgan fingerprint density at radius 2 is 1.71 bits per heavy atom. The number of anilines is 2. The zero-order chi connectivity index (χ0) is 18.3. The first-order chi connectivity index (χ1) is 10.9. The summed E-state index contributed by atoms with van der Waals surface area (Å²) in [5.74, 6) is 0. The molecule has 1 aromatic carbocycles. The molecule has 3 N–H and O–H groups in total. The minimum atomic E-state index is -0.187. The maximum atomic E-state index is 12.5. The van der Waals surface area contributed by atoms with Gasteiger partial charge in [0.1, 0.15) is 5.69 Å². The van der Waals surface area contributed by atoms with Crippen LogP contribution in [0, 0.1) is 0 Å². The van der Waals surface area contributed by atoms with Crippen LogP contribution in [-0.2, 0) is 12.5 Å². The van der Waals surface area contributed by atoms with Gasteiger partial charge in [0.2, 0.25) is 0 Å². The molecule has 0 atom stereocenters. The number of aromatic nitrogens is 1. The molecule has 0 fully saturated rings. The fraction of sp³-hybridized carbons (Fsp3) is 0.450. The lowest BCUT2D eigenvalue weighted by molar-refractivity contribution is 0.594. The molecule has 2 rings (SSSR count). The summed E-state index contributed by atoms with van der Waals surface area (Å²) in [7, 11) is 1.78. The SMILES string of the molecule is Cn1cc(-c2cccc(N)c2C(C)(C)C)cc(NC(C)(C)C)c1=O. The highest BCUT2D eigenvalue weighted by Gasteiger charge is 2.22. The third kappa shape index (κ3) is 3.81. The molecule has 0 aliphatic carbocycles. The number of pyridine rings is 1. The normalized spacial score (nSPS) is 12.3. The first kappa shape index (κ1) is 18.1. The molecule has 0 amide bonds. The highest BCUT2D eigenvalue weighted by atomic mass is 16.1. The fourth-order valence-corrected chi connectivity index (χ4v) is 3.00. The van der Waals surface area contributed by atoms with Gasteiger partial charge in [0, 0.05) is 30.0 Å². The summed E-state index contributed by atoms with van der Waals surface area (Å²) in [6, 6.07) is 7.89. The number of benzene rings is 1. The van der Waals surface area contributed by atoms with E-state index in [-0.39, 0.29) is 16.5 Å². The lowest BCUT2D eigenvalue weighted by Gasteiger charge is -2.26. The zero-order valence-corrected chi connectivity index (χ0v) is 15.8. The molecule has 2 aromatic rings. The van der Waals surface area contributed by atoms with Gasteiger partial charge in [-0.25, -0.2) is 0 Å². The van der Waals surface area contributed by atoms with E-state index in [0.29, 0.717) is 5.69 Å². The van der Waals surface area contributed by atoms with E-state index in [0.717, 1.165) is 22.4 Å². The minimum absolute atomic E-state index is 0.0325. The Morgan fingerprint density at radius 1 is 1.08 bits per heavy atom. The number of nitrogen functional groups attached to an aromatic ring is 1. The number of nitrogens with two attached hydrogens (primary N) is 1. The fourth-order valence-electron chi connectivity index (χ4n) is 3.00. The van der Waals surface area contributed by atoms with Crippen LogP contribution in [0.2, 0.25) is 0 Å². The molecule has 0 bridgehead atoms. The second-order valence-corrected chi connectivity index (χ2v) is 8.45. The minimum Gasteiger partial charge on any atom is -0.398 e. The quantitative estimate of drug-likeness (QED) is 0.815. The molecule has 1 aromatic heterocycles. The zero-order valence-electron chi connectivity index (χ0n) is 15.8. The summed E-state index contributed by atoms with van der Waals surface area (Å²) >= 11 is 0. The highest BCUT2D eigenvalue weighted by molar-refractivity contribution is 5.76. The molecule has 0 radical (unpaired) electrons. The summed E-state index contributed by atoms with van der Waals surface area (Å²) in [6.07, 6.45) is 1.88. The van der Waals surface area contributed by atoms with E-state index in [2.05, 4.69) is 32.2 Å². The molecule has 0 unspecified atom stereocenters. The van der Waals surface area contributed by atoms with Crippen molar-refractivity contribution in [1.29, 1.82) is 0 Å². The van der Waals surface area contributed by atoms with Crippen molar-refractivity contribution in [2.24, 2.45) is 7.05 Å². The van der Waals surface area contributed by atoms with Crippen LogP contribution in [-0.4, -0.2) is 10.1 Å². The Labute approximate surface area is 144 Å². The van der Waals surface area contributed by atoms with Crippen molar-refractivity contribution < 1.29 is 0 Å². The third-order valence-corrected chi connectivity index (χ3v) is 3.85. The molecule has 4 nitrogen and oxygen atoms in total. The maximum Gasteiger partial charge on any atom is 0.273 e. The molecule has 0 spiro atoms. The van der Waals surface area contributed by atoms with E-state index in [9.17, 15) is 4.79 Å². The Balaban J connectivity index is 2.71. The lowest BCUT2D eigenvalue weighted by atomic mass is 9.81. The summed E-state index contributed by atoms with van der Waals surface area (Å²) in [5, 5.41) is 3.31. The maximum absolute atomic E-state index is 12.5. The number of aryl methyl sites for hydroxylation is 1. The Kier molecular flexibility index (Phi) is 4.53. The van der Waals surface area contributed by atoms with Crippen LogP contribution in [0.15, 0.2) is 35.3 Å². The van der Waals surface area contributed by atoms with E-state index < -0.39 is 0 Å². The van der Waals surface area contributed by atoms with Crippen molar-refractivity contribution in [3.05, 3.63) is 46.4 Å². The van der Waals surface area contributed by atoms with Crippen LogP contribution in [0.4, 0.5) is 11.4 Å². The predicted molar refractivity (Wildman–Crippen MR) is 104 cm³/mol. The summed E-state index contributed by atoms with van der Waals surface area (Å²) in [4.78, 5) is 12.5. The van der Waals surface area contributed by atoms with Crippen LogP contribution >= 0.6 is 0 Å². The lowest BCUT2D eigenvalue weighted by Crippen LogP contribution is -2.31. The number of rotatable bonds is 2. The van der Waals surface area contributed by atoms with Crippen molar-refractivity contribution in [3.8, 4) is 11.1 Å². The Bertz CT molecular complexity index is 805. The topological polar surface area (TPSA) is 60.0 Å². The van der Waals surface area contributed by atoms with Crippen LogP contribution in [0.3, 0.4) is 0 Å². The summed E-state index contributed by atoms with van der Waals surface area (Å²) in [6.45, 7) is 12.6. The number of hydrogen-bond donors (Lipinski definition) is 2. The molecule has 0 aliphatic heterocycles. The summed E-state index contributed by atoms with van der Waals surface area (Å²) in [5.41, 5.74) is 10.5. The van der Waals surface area contributed by atoms with Crippen molar-refractivity contribution in [2.45, 2.75) is 52.5 Å². The van der Waals surface area contributed by atoms with Gasteiger partial charge in [0.05, 0.1) is 0 Å². The van der Waals surface area contributed by atoms with E-state index in [1.165, 1.54) is 0 Å². The van der Waals surface area contributed by atoms with Gasteiger partial charge in [-0.05, 0) is 49.4 Å². The molecule has 1 heterocycles. The highest BCUT2D eigenvalue weighted by Crippen LogP contribution is 2.37. The molecule has 0 saturated heterocycles. The third-order valence-electron chi connectivity index (χ3n) is 3.85. The van der Waals surface area contributed by atoms with Gasteiger partial charge >= 0.3 is 0 Å². The molecule has 130 valence electrons. The van der Waals surface area contributed by atoms with Crippen molar-refractivity contribution in [2.75, 3.05) is 11.1 Å². The van der Waals surface area contributed by atoms with Crippen LogP contribution in [0.25, 0.3) is 11.1 Å². The number of nitrogens with zero attached hydrogens (tertiary/aromatic N) is 1. The Morgan fingerprint density at radius 3 is 2.25 bits per heavy atom. The van der Waals surface area contributed by atoms with Gasteiger partial charge in [-0.1, -0.05) is 32.9 Å². The van der Waals surface area contributed by atoms with Crippen LogP contribution < -0.4 is 16.6 Å². The monoisotopic (exact) mass is 327 g/mol. The molecular weight excluding hydrogens is 298 g/mol.